The summed E-state index contributed by atoms with van der Waals surface area (Å²) < 4.78 is 0. The number of nitrogens with zero attached hydrogens (tertiary/aromatic N) is 1. The molecule has 1 aromatic rings. The van der Waals surface area contributed by atoms with E-state index in [-0.39, 0.29) is 18.2 Å². The molecule has 0 aromatic heterocycles. The van der Waals surface area contributed by atoms with Crippen LogP contribution >= 0.6 is 0 Å². The van der Waals surface area contributed by atoms with Crippen molar-refractivity contribution in [3.63, 3.8) is 0 Å². The van der Waals surface area contributed by atoms with E-state index in [2.05, 4.69) is 0 Å². The first kappa shape index (κ1) is 17.0. The van der Waals surface area contributed by atoms with Gasteiger partial charge >= 0.3 is 5.97 Å². The molecule has 1 heterocycles. The fourth-order valence-electron chi connectivity index (χ4n) is 3.86. The van der Waals surface area contributed by atoms with Crippen LogP contribution in [-0.2, 0) is 9.59 Å². The average Bonchev–Trinajstić information content (AvgIpc) is 2.58. The van der Waals surface area contributed by atoms with Crippen molar-refractivity contribution in [3.8, 4) is 0 Å². The van der Waals surface area contributed by atoms with Gasteiger partial charge in [0.25, 0.3) is 0 Å². The SMILES string of the molecule is O=C(CC1(C(=O)O)CCC1)N1CCC(C(O)c2ccccc2)CC1. The molecule has 3 rings (SSSR count). The Balaban J connectivity index is 1.53. The first-order valence-electron chi connectivity index (χ1n) is 8.76. The molecule has 2 N–H and O–H groups in total. The number of likely N-dealkylation sites (tertiary alicyclic amines) is 1. The molecular weight excluding hydrogens is 306 g/mol. The molecule has 0 radical (unpaired) electrons. The van der Waals surface area contributed by atoms with Crippen LogP contribution < -0.4 is 0 Å². The summed E-state index contributed by atoms with van der Waals surface area (Å²) in [6.45, 7) is 1.20. The first-order valence-corrected chi connectivity index (χ1v) is 8.76. The number of rotatable bonds is 5. The normalized spacial score (nSPS) is 21.8. The van der Waals surface area contributed by atoms with Crippen LogP contribution in [0.1, 0.15) is 50.2 Å². The highest BCUT2D eigenvalue weighted by atomic mass is 16.4. The molecule has 130 valence electrons. The van der Waals surface area contributed by atoms with Crippen molar-refractivity contribution in [1.29, 1.82) is 0 Å². The van der Waals surface area contributed by atoms with Gasteiger partial charge in [0.15, 0.2) is 0 Å². The van der Waals surface area contributed by atoms with Gasteiger partial charge in [0.1, 0.15) is 0 Å². The lowest BCUT2D eigenvalue weighted by molar-refractivity contribution is -0.160. The van der Waals surface area contributed by atoms with Gasteiger partial charge in [-0.25, -0.2) is 0 Å². The van der Waals surface area contributed by atoms with Crippen molar-refractivity contribution in [2.75, 3.05) is 13.1 Å². The summed E-state index contributed by atoms with van der Waals surface area (Å²) in [5, 5.41) is 19.9. The Morgan fingerprint density at radius 1 is 1.17 bits per heavy atom. The zero-order chi connectivity index (χ0) is 17.2. The third kappa shape index (κ3) is 3.31. The molecule has 2 fully saturated rings. The van der Waals surface area contributed by atoms with Gasteiger partial charge in [0, 0.05) is 19.5 Å². The van der Waals surface area contributed by atoms with Gasteiger partial charge in [0.05, 0.1) is 11.5 Å². The highest BCUT2D eigenvalue weighted by molar-refractivity contribution is 5.85. The number of carboxylic acid groups (broad SMARTS) is 1. The fraction of sp³-hybridized carbons (Fsp3) is 0.579. The Morgan fingerprint density at radius 3 is 2.29 bits per heavy atom. The predicted molar refractivity (Wildman–Crippen MR) is 89.2 cm³/mol. The number of aliphatic carboxylic acids is 1. The van der Waals surface area contributed by atoms with E-state index in [9.17, 15) is 19.8 Å². The lowest BCUT2D eigenvalue weighted by atomic mass is 9.66. The van der Waals surface area contributed by atoms with Gasteiger partial charge in [0.2, 0.25) is 5.91 Å². The number of hydrogen-bond donors (Lipinski definition) is 2. The molecule has 1 unspecified atom stereocenters. The Bertz CT molecular complexity index is 589. The topological polar surface area (TPSA) is 77.8 Å². The summed E-state index contributed by atoms with van der Waals surface area (Å²) in [6.07, 6.45) is 3.23. The number of piperidine rings is 1. The Morgan fingerprint density at radius 2 is 1.79 bits per heavy atom. The Hall–Kier alpha value is -1.88. The molecule has 1 saturated heterocycles. The number of carbonyl (C=O) groups excluding carboxylic acids is 1. The minimum Gasteiger partial charge on any atom is -0.481 e. The number of aliphatic hydroxyl groups is 1. The van der Waals surface area contributed by atoms with Gasteiger partial charge in [-0.15, -0.1) is 0 Å². The van der Waals surface area contributed by atoms with E-state index in [0.29, 0.717) is 25.9 Å². The smallest absolute Gasteiger partial charge is 0.310 e. The van der Waals surface area contributed by atoms with Crippen LogP contribution in [0.2, 0.25) is 0 Å². The summed E-state index contributed by atoms with van der Waals surface area (Å²) in [7, 11) is 0. The maximum Gasteiger partial charge on any atom is 0.310 e. The summed E-state index contributed by atoms with van der Waals surface area (Å²) in [5.74, 6) is -0.741. The quantitative estimate of drug-likeness (QED) is 0.869. The predicted octanol–water partition coefficient (Wildman–Crippen LogP) is 2.60. The summed E-state index contributed by atoms with van der Waals surface area (Å²) in [6, 6.07) is 9.61. The summed E-state index contributed by atoms with van der Waals surface area (Å²) in [4.78, 5) is 25.6. The largest absolute Gasteiger partial charge is 0.481 e. The molecule has 1 aliphatic carbocycles. The van der Waals surface area contributed by atoms with E-state index in [1.807, 2.05) is 30.3 Å². The second kappa shape index (κ2) is 6.93. The van der Waals surface area contributed by atoms with Crippen molar-refractivity contribution in [1.82, 2.24) is 4.90 Å². The van der Waals surface area contributed by atoms with Gasteiger partial charge in [-0.1, -0.05) is 36.8 Å². The van der Waals surface area contributed by atoms with Crippen LogP contribution in [0.15, 0.2) is 30.3 Å². The molecule has 24 heavy (non-hydrogen) atoms. The van der Waals surface area contributed by atoms with Crippen LogP contribution in [0.3, 0.4) is 0 Å². The standard InChI is InChI=1S/C19H25NO4/c21-16(13-19(18(23)24)9-4-10-19)20-11-7-15(8-12-20)17(22)14-5-2-1-3-6-14/h1-3,5-6,15,17,22H,4,7-13H2,(H,23,24). The van der Waals surface area contributed by atoms with Crippen molar-refractivity contribution in [2.24, 2.45) is 11.3 Å². The second-order valence-electron chi connectivity index (χ2n) is 7.19. The number of hydrogen-bond acceptors (Lipinski definition) is 3. The molecule has 0 spiro atoms. The number of carboxylic acids is 1. The molecule has 1 saturated carbocycles. The lowest BCUT2D eigenvalue weighted by Gasteiger charge is -2.40. The minimum absolute atomic E-state index is 0.0512. The van der Waals surface area contributed by atoms with E-state index in [0.717, 1.165) is 24.8 Å². The number of amides is 1. The molecule has 5 heteroatoms. The van der Waals surface area contributed by atoms with Crippen molar-refractivity contribution in [3.05, 3.63) is 35.9 Å². The molecule has 1 amide bonds. The van der Waals surface area contributed by atoms with Gasteiger partial charge < -0.3 is 15.1 Å². The number of carbonyl (C=O) groups is 2. The van der Waals surface area contributed by atoms with Gasteiger partial charge in [-0.3, -0.25) is 9.59 Å². The molecule has 2 aliphatic rings. The van der Waals surface area contributed by atoms with Gasteiger partial charge in [-0.2, -0.15) is 0 Å². The average molecular weight is 331 g/mol. The number of aliphatic hydroxyl groups excluding tert-OH is 1. The van der Waals surface area contributed by atoms with Crippen molar-refractivity contribution < 1.29 is 19.8 Å². The molecular formula is C19H25NO4. The molecule has 1 atom stereocenters. The molecule has 1 aliphatic heterocycles. The van der Waals surface area contributed by atoms with E-state index < -0.39 is 17.5 Å². The third-order valence-corrected chi connectivity index (χ3v) is 5.73. The Labute approximate surface area is 142 Å². The van der Waals surface area contributed by atoms with Crippen LogP contribution in [-0.4, -0.2) is 40.1 Å². The zero-order valence-electron chi connectivity index (χ0n) is 13.9. The molecule has 5 nitrogen and oxygen atoms in total. The van der Waals surface area contributed by atoms with E-state index >= 15 is 0 Å². The van der Waals surface area contributed by atoms with E-state index in [4.69, 9.17) is 0 Å². The van der Waals surface area contributed by atoms with Crippen LogP contribution in [0.4, 0.5) is 0 Å². The van der Waals surface area contributed by atoms with Crippen LogP contribution in [0.5, 0.6) is 0 Å². The first-order chi connectivity index (χ1) is 11.5. The second-order valence-corrected chi connectivity index (χ2v) is 7.19. The third-order valence-electron chi connectivity index (χ3n) is 5.73. The summed E-state index contributed by atoms with van der Waals surface area (Å²) >= 11 is 0. The van der Waals surface area contributed by atoms with Crippen molar-refractivity contribution in [2.45, 2.75) is 44.6 Å². The van der Waals surface area contributed by atoms with Crippen LogP contribution in [0, 0.1) is 11.3 Å². The minimum atomic E-state index is -0.837. The summed E-state index contributed by atoms with van der Waals surface area (Å²) in [5.41, 5.74) is 0.0962. The zero-order valence-corrected chi connectivity index (χ0v) is 13.9. The molecule has 1 aromatic carbocycles. The van der Waals surface area contributed by atoms with E-state index in [1.165, 1.54) is 0 Å². The highest BCUT2D eigenvalue weighted by Gasteiger charge is 2.46. The fourth-order valence-corrected chi connectivity index (χ4v) is 3.86. The van der Waals surface area contributed by atoms with Gasteiger partial charge in [-0.05, 0) is 37.2 Å². The Kier molecular flexibility index (Phi) is 4.90. The molecule has 0 bridgehead atoms. The maximum absolute atomic E-state index is 12.5. The van der Waals surface area contributed by atoms with Crippen molar-refractivity contribution >= 4 is 11.9 Å². The highest BCUT2D eigenvalue weighted by Crippen LogP contribution is 2.44. The van der Waals surface area contributed by atoms with E-state index in [1.54, 1.807) is 4.90 Å². The van der Waals surface area contributed by atoms with Crippen LogP contribution in [0.25, 0.3) is 0 Å². The number of benzene rings is 1. The monoisotopic (exact) mass is 331 g/mol. The maximum atomic E-state index is 12.5. The lowest BCUT2D eigenvalue weighted by Crippen LogP contribution is -2.46.